The molecule has 0 bridgehead atoms. The number of halogens is 2. The molecule has 2 aromatic heterocycles. The number of hydrogen-bond acceptors (Lipinski definition) is 4. The minimum atomic E-state index is -0.654. The van der Waals surface area contributed by atoms with Gasteiger partial charge >= 0.3 is 6.02 Å². The fraction of sp³-hybridized carbons (Fsp3) is 0.152. The number of nitrogens with zero attached hydrogens (tertiary/aromatic N) is 3. The van der Waals surface area contributed by atoms with Crippen molar-refractivity contribution < 1.29 is 45.4 Å². The van der Waals surface area contributed by atoms with Gasteiger partial charge in [-0.15, -0.1) is 4.99 Å². The Balaban J connectivity index is 0.00000202. The number of aromatic nitrogens is 2. The van der Waals surface area contributed by atoms with Gasteiger partial charge < -0.3 is 35.3 Å². The van der Waals surface area contributed by atoms with Crippen LogP contribution in [0.5, 0.6) is 0 Å². The molecule has 0 fully saturated rings. The van der Waals surface area contributed by atoms with Crippen LogP contribution in [0.25, 0.3) is 33.3 Å². The van der Waals surface area contributed by atoms with Crippen LogP contribution in [0.3, 0.4) is 0 Å². The maximum atomic E-state index is 12.3. The zero-order chi connectivity index (χ0) is 27.3. The number of amides is 1. The van der Waals surface area contributed by atoms with Gasteiger partial charge in [-0.1, -0.05) is 84.9 Å². The first kappa shape index (κ1) is 30.8. The highest BCUT2D eigenvalue weighted by atomic mass is 35.5. The van der Waals surface area contributed by atoms with E-state index in [-0.39, 0.29) is 30.7 Å². The minimum absolute atomic E-state index is 0. The van der Waals surface area contributed by atoms with Crippen LogP contribution in [0.15, 0.2) is 108 Å². The molecule has 1 amide bonds. The molecule has 5 N–H and O–H groups in total. The lowest BCUT2D eigenvalue weighted by Gasteiger charge is -2.13. The molecule has 0 aliphatic carbocycles. The average molecular weight is 601 g/mol. The molecule has 1 aliphatic heterocycles. The molecule has 9 heteroatoms. The minimum Gasteiger partial charge on any atom is -1.00 e. The van der Waals surface area contributed by atoms with Gasteiger partial charge in [-0.2, -0.15) is 0 Å². The summed E-state index contributed by atoms with van der Waals surface area (Å²) >= 11 is 0. The van der Waals surface area contributed by atoms with Gasteiger partial charge in [0.05, 0.1) is 24.3 Å². The molecule has 0 spiro atoms. The van der Waals surface area contributed by atoms with Gasteiger partial charge in [-0.05, 0) is 24.1 Å². The number of rotatable bonds is 8. The van der Waals surface area contributed by atoms with Crippen molar-refractivity contribution in [2.24, 2.45) is 4.99 Å². The van der Waals surface area contributed by atoms with Gasteiger partial charge in [-0.3, -0.25) is 15.1 Å². The van der Waals surface area contributed by atoms with Crippen molar-refractivity contribution in [3.63, 3.8) is 0 Å². The molecule has 42 heavy (non-hydrogen) atoms. The summed E-state index contributed by atoms with van der Waals surface area (Å²) in [7, 11) is 0. The standard InChI is InChI=1S/C33H29N5O2.2ClH/c34-21-22-13-15-24(16-14-22)30-26(23-8-3-1-4-9-23)20-27-28(35-19-17-29(27)37-30)12-7-18-36-33-38-32(39)31(40-33)25-10-5-2-6-11-25;;/h1-6,8-11,13-17,19-20,31H,7,12,18,21,34H2,(H,36,38,39);2*1H. The number of ether oxygens (including phenoxy) is 1. The van der Waals surface area contributed by atoms with Crippen LogP contribution >= 0.6 is 0 Å². The number of pyridine rings is 2. The Morgan fingerprint density at radius 1 is 0.857 bits per heavy atom. The molecular formula is C33H31Cl2N5O2. The van der Waals surface area contributed by atoms with Crippen molar-refractivity contribution in [2.45, 2.75) is 25.5 Å². The summed E-state index contributed by atoms with van der Waals surface area (Å²) in [6, 6.07) is 32.9. The number of amidine groups is 1. The van der Waals surface area contributed by atoms with Crippen LogP contribution in [0.1, 0.15) is 29.3 Å². The van der Waals surface area contributed by atoms with Crippen molar-refractivity contribution in [2.75, 3.05) is 6.54 Å². The Kier molecular flexibility index (Phi) is 10.4. The molecule has 6 rings (SSSR count). The van der Waals surface area contributed by atoms with Crippen LogP contribution in [0.4, 0.5) is 0 Å². The molecular weight excluding hydrogens is 569 g/mol. The number of aliphatic imine (C=N–C) groups is 1. The summed E-state index contributed by atoms with van der Waals surface area (Å²) in [5, 5.41) is 2.95. The van der Waals surface area contributed by atoms with Crippen LogP contribution in [0, 0.1) is 0 Å². The second-order valence-electron chi connectivity index (χ2n) is 9.82. The Morgan fingerprint density at radius 3 is 2.29 bits per heavy atom. The Hall–Kier alpha value is -4.14. The monoisotopic (exact) mass is 599 g/mol. The van der Waals surface area contributed by atoms with Crippen LogP contribution in [-0.4, -0.2) is 28.4 Å². The molecule has 7 nitrogen and oxygen atoms in total. The third-order valence-electron chi connectivity index (χ3n) is 7.15. The molecule has 3 heterocycles. The second-order valence-corrected chi connectivity index (χ2v) is 9.82. The first-order valence-corrected chi connectivity index (χ1v) is 13.6. The summed E-state index contributed by atoms with van der Waals surface area (Å²) < 4.78 is 5.83. The van der Waals surface area contributed by atoms with E-state index in [4.69, 9.17) is 14.7 Å². The van der Waals surface area contributed by atoms with E-state index in [9.17, 15) is 4.79 Å². The number of quaternary nitrogens is 2. The highest BCUT2D eigenvalue weighted by molar-refractivity contribution is 5.96. The van der Waals surface area contributed by atoms with E-state index in [1.54, 1.807) is 0 Å². The van der Waals surface area contributed by atoms with Gasteiger partial charge in [0.25, 0.3) is 5.91 Å². The Morgan fingerprint density at radius 2 is 1.57 bits per heavy atom. The quantitative estimate of drug-likeness (QED) is 0.199. The third kappa shape index (κ3) is 6.66. The number of aryl methyl sites for hydroxylation is 1. The van der Waals surface area contributed by atoms with E-state index in [2.05, 4.69) is 65.3 Å². The molecule has 3 aromatic carbocycles. The molecule has 1 atom stereocenters. The van der Waals surface area contributed by atoms with Gasteiger partial charge in [0.2, 0.25) is 6.10 Å². The molecule has 1 unspecified atom stereocenters. The SMILES string of the molecule is [Cl-].[Cl-].[NH3+]Cc1ccc(-c2nc3ccnc(CCC[NH2+]C4=NC(=O)C(c5ccccc5)O4)c3cc2-c2ccccc2)cc1. The summed E-state index contributed by atoms with van der Waals surface area (Å²) in [6.45, 7) is 1.48. The summed E-state index contributed by atoms with van der Waals surface area (Å²) in [6.07, 6.45) is 2.79. The predicted molar refractivity (Wildman–Crippen MR) is 155 cm³/mol. The third-order valence-corrected chi connectivity index (χ3v) is 7.15. The van der Waals surface area contributed by atoms with Gasteiger partial charge in [0, 0.05) is 46.0 Å². The zero-order valence-corrected chi connectivity index (χ0v) is 24.4. The first-order chi connectivity index (χ1) is 19.7. The molecule has 214 valence electrons. The van der Waals surface area contributed by atoms with Crippen molar-refractivity contribution in [3.05, 3.63) is 120 Å². The topological polar surface area (TPSA) is 109 Å². The van der Waals surface area contributed by atoms with Gasteiger partial charge in [-0.25, -0.2) is 4.98 Å². The number of fused-ring (bicyclic) bond motifs is 1. The fourth-order valence-corrected chi connectivity index (χ4v) is 5.03. The number of carbonyl (C=O) groups excluding carboxylic acids is 1. The smallest absolute Gasteiger partial charge is 0.399 e. The largest absolute Gasteiger partial charge is 1.00 e. The lowest BCUT2D eigenvalue weighted by molar-refractivity contribution is -0.556. The molecule has 1 aliphatic rings. The fourth-order valence-electron chi connectivity index (χ4n) is 5.03. The highest BCUT2D eigenvalue weighted by Gasteiger charge is 2.32. The zero-order valence-electron chi connectivity index (χ0n) is 22.9. The predicted octanol–water partition coefficient (Wildman–Crippen LogP) is -2.14. The normalized spacial score (nSPS) is 14.1. The number of carbonyl (C=O) groups is 1. The lowest BCUT2D eigenvalue weighted by Crippen LogP contribution is -3.00. The van der Waals surface area contributed by atoms with E-state index in [1.807, 2.05) is 54.0 Å². The van der Waals surface area contributed by atoms with Crippen molar-refractivity contribution >= 4 is 22.8 Å². The number of benzene rings is 3. The highest BCUT2D eigenvalue weighted by Crippen LogP contribution is 2.34. The summed E-state index contributed by atoms with van der Waals surface area (Å²) in [4.78, 5) is 26.3. The molecule has 5 aromatic rings. The van der Waals surface area contributed by atoms with E-state index < -0.39 is 6.10 Å². The second kappa shape index (κ2) is 14.2. The molecule has 0 saturated carbocycles. The van der Waals surface area contributed by atoms with Crippen molar-refractivity contribution in [1.29, 1.82) is 0 Å². The Bertz CT molecular complexity index is 1680. The van der Waals surface area contributed by atoms with E-state index in [0.29, 0.717) is 6.02 Å². The first-order valence-electron chi connectivity index (χ1n) is 13.6. The summed E-state index contributed by atoms with van der Waals surface area (Å²) in [5.41, 5.74) is 12.2. The maximum absolute atomic E-state index is 12.3. The van der Waals surface area contributed by atoms with E-state index in [0.717, 1.165) is 70.5 Å². The maximum Gasteiger partial charge on any atom is 0.399 e. The molecule has 0 saturated heterocycles. The van der Waals surface area contributed by atoms with Crippen molar-refractivity contribution in [1.82, 2.24) is 9.97 Å². The van der Waals surface area contributed by atoms with E-state index >= 15 is 0 Å². The van der Waals surface area contributed by atoms with E-state index in [1.165, 1.54) is 5.56 Å². The number of nitrogens with two attached hydrogens (primary N) is 1. The molecule has 0 radical (unpaired) electrons. The number of hydrogen-bond donors (Lipinski definition) is 2. The van der Waals surface area contributed by atoms with Gasteiger partial charge in [0.1, 0.15) is 0 Å². The van der Waals surface area contributed by atoms with Gasteiger partial charge in [0.15, 0.2) is 0 Å². The van der Waals surface area contributed by atoms with Crippen LogP contribution < -0.4 is 35.9 Å². The average Bonchev–Trinajstić information content (AvgIpc) is 3.39. The Labute approximate surface area is 257 Å². The van der Waals surface area contributed by atoms with Crippen LogP contribution in [0.2, 0.25) is 0 Å². The summed E-state index contributed by atoms with van der Waals surface area (Å²) in [5.74, 6) is -0.260. The van der Waals surface area contributed by atoms with Crippen molar-refractivity contribution in [3.8, 4) is 22.4 Å². The van der Waals surface area contributed by atoms with Crippen LogP contribution in [-0.2, 0) is 22.5 Å². The lowest BCUT2D eigenvalue weighted by atomic mass is 9.96.